The molecule has 2 heterocycles. The Labute approximate surface area is 127 Å². The monoisotopic (exact) mass is 283 g/mol. The van der Waals surface area contributed by atoms with Crippen molar-refractivity contribution in [3.63, 3.8) is 0 Å². The molecule has 1 aromatic carbocycles. The van der Waals surface area contributed by atoms with Gasteiger partial charge in [0.2, 0.25) is 0 Å². The molecule has 0 amide bonds. The molecule has 0 spiro atoms. The van der Waals surface area contributed by atoms with E-state index < -0.39 is 0 Å². The van der Waals surface area contributed by atoms with Gasteiger partial charge in [0, 0.05) is 11.9 Å². The van der Waals surface area contributed by atoms with Crippen LogP contribution in [0.25, 0.3) is 10.9 Å². The van der Waals surface area contributed by atoms with Crippen LogP contribution >= 0.6 is 0 Å². The first-order valence-corrected chi connectivity index (χ1v) is 8.13. The highest BCUT2D eigenvalue weighted by molar-refractivity contribution is 5.78. The molecule has 21 heavy (non-hydrogen) atoms. The molecule has 112 valence electrons. The second kappa shape index (κ2) is 7.01. The number of rotatable bonds is 5. The molecule has 1 fully saturated rings. The number of likely N-dealkylation sites (tertiary alicyclic amines) is 1. The minimum absolute atomic E-state index is 0.853. The molecule has 0 aliphatic carbocycles. The van der Waals surface area contributed by atoms with Crippen LogP contribution in [0, 0.1) is 5.92 Å². The Kier molecular flexibility index (Phi) is 4.84. The topological polar surface area (TPSA) is 28.2 Å². The van der Waals surface area contributed by atoms with Crippen molar-refractivity contribution in [3.8, 4) is 0 Å². The number of nitrogens with one attached hydrogen (secondary N) is 1. The molecule has 0 radical (unpaired) electrons. The first-order valence-electron chi connectivity index (χ1n) is 8.13. The molecule has 1 saturated heterocycles. The summed E-state index contributed by atoms with van der Waals surface area (Å²) in [6.07, 6.45) is 2.61. The third-order valence-electron chi connectivity index (χ3n) is 4.43. The highest BCUT2D eigenvalue weighted by Crippen LogP contribution is 2.19. The average molecular weight is 283 g/mol. The number of para-hydroxylation sites is 1. The van der Waals surface area contributed by atoms with Gasteiger partial charge in [-0.2, -0.15) is 0 Å². The largest absolute Gasteiger partial charge is 0.317 e. The molecule has 0 saturated carbocycles. The van der Waals surface area contributed by atoms with Gasteiger partial charge in [0.15, 0.2) is 0 Å². The maximum atomic E-state index is 4.78. The van der Waals surface area contributed by atoms with Gasteiger partial charge in [0.1, 0.15) is 0 Å². The zero-order chi connectivity index (χ0) is 14.5. The van der Waals surface area contributed by atoms with Gasteiger partial charge >= 0.3 is 0 Å². The molecular weight excluding hydrogens is 258 g/mol. The zero-order valence-corrected chi connectivity index (χ0v) is 12.9. The third kappa shape index (κ3) is 3.80. The van der Waals surface area contributed by atoms with Crippen molar-refractivity contribution in [1.82, 2.24) is 15.2 Å². The highest BCUT2D eigenvalue weighted by atomic mass is 15.1. The SMILES string of the molecule is CCNCC1CCN(Cc2ccc3ccccc3n2)CC1. The standard InChI is InChI=1S/C18H25N3/c1-2-19-13-15-9-11-21(12-10-15)14-17-8-7-16-5-3-4-6-18(16)20-17/h3-8,15,19H,2,9-14H2,1H3. The van der Waals surface area contributed by atoms with Gasteiger partial charge in [-0.05, 0) is 57.1 Å². The normalized spacial score (nSPS) is 17.4. The molecule has 1 aliphatic heterocycles. The van der Waals surface area contributed by atoms with Crippen molar-refractivity contribution in [2.45, 2.75) is 26.3 Å². The summed E-state index contributed by atoms with van der Waals surface area (Å²) < 4.78 is 0. The lowest BCUT2D eigenvalue weighted by molar-refractivity contribution is 0.174. The van der Waals surface area contributed by atoms with Crippen LogP contribution in [0.3, 0.4) is 0 Å². The van der Waals surface area contributed by atoms with Gasteiger partial charge in [-0.1, -0.05) is 31.2 Å². The second-order valence-corrected chi connectivity index (χ2v) is 6.02. The Morgan fingerprint density at radius 2 is 1.95 bits per heavy atom. The summed E-state index contributed by atoms with van der Waals surface area (Å²) in [5.74, 6) is 0.853. The summed E-state index contributed by atoms with van der Waals surface area (Å²) in [6.45, 7) is 7.83. The number of nitrogens with zero attached hydrogens (tertiary/aromatic N) is 2. The quantitative estimate of drug-likeness (QED) is 0.914. The summed E-state index contributed by atoms with van der Waals surface area (Å²) >= 11 is 0. The summed E-state index contributed by atoms with van der Waals surface area (Å²) in [5.41, 5.74) is 2.30. The van der Waals surface area contributed by atoms with E-state index in [0.29, 0.717) is 0 Å². The smallest absolute Gasteiger partial charge is 0.0705 e. The first kappa shape index (κ1) is 14.5. The van der Waals surface area contributed by atoms with E-state index in [1.54, 1.807) is 0 Å². The molecule has 2 aromatic rings. The van der Waals surface area contributed by atoms with E-state index in [-0.39, 0.29) is 0 Å². The summed E-state index contributed by atoms with van der Waals surface area (Å²) in [5, 5.41) is 4.70. The van der Waals surface area contributed by atoms with Gasteiger partial charge in [-0.25, -0.2) is 0 Å². The van der Waals surface area contributed by atoms with Gasteiger partial charge in [0.05, 0.1) is 11.2 Å². The van der Waals surface area contributed by atoms with Crippen LogP contribution in [-0.2, 0) is 6.54 Å². The van der Waals surface area contributed by atoms with Crippen molar-refractivity contribution >= 4 is 10.9 Å². The predicted molar refractivity (Wildman–Crippen MR) is 88.3 cm³/mol. The van der Waals surface area contributed by atoms with Gasteiger partial charge in [-0.15, -0.1) is 0 Å². The maximum Gasteiger partial charge on any atom is 0.0705 e. The molecule has 3 rings (SSSR count). The molecule has 3 nitrogen and oxygen atoms in total. The lowest BCUT2D eigenvalue weighted by Crippen LogP contribution is -2.37. The van der Waals surface area contributed by atoms with Crippen LogP contribution in [0.5, 0.6) is 0 Å². The van der Waals surface area contributed by atoms with Crippen LogP contribution in [0.4, 0.5) is 0 Å². The Morgan fingerprint density at radius 3 is 2.76 bits per heavy atom. The number of fused-ring (bicyclic) bond motifs is 1. The van der Waals surface area contributed by atoms with Crippen molar-refractivity contribution in [2.24, 2.45) is 5.92 Å². The predicted octanol–water partition coefficient (Wildman–Crippen LogP) is 3.06. The van der Waals surface area contributed by atoms with Crippen molar-refractivity contribution in [1.29, 1.82) is 0 Å². The zero-order valence-electron chi connectivity index (χ0n) is 12.9. The third-order valence-corrected chi connectivity index (χ3v) is 4.43. The molecule has 3 heteroatoms. The summed E-state index contributed by atoms with van der Waals surface area (Å²) in [4.78, 5) is 7.33. The van der Waals surface area contributed by atoms with E-state index in [1.165, 1.54) is 43.6 Å². The summed E-state index contributed by atoms with van der Waals surface area (Å²) in [7, 11) is 0. The van der Waals surface area contributed by atoms with E-state index in [1.807, 2.05) is 0 Å². The fourth-order valence-corrected chi connectivity index (χ4v) is 3.12. The first-order chi connectivity index (χ1) is 10.3. The lowest BCUT2D eigenvalue weighted by Gasteiger charge is -2.31. The summed E-state index contributed by atoms with van der Waals surface area (Å²) in [6, 6.07) is 12.7. The van der Waals surface area contributed by atoms with Crippen LogP contribution in [-0.4, -0.2) is 36.1 Å². The van der Waals surface area contributed by atoms with E-state index in [4.69, 9.17) is 4.98 Å². The molecule has 0 bridgehead atoms. The van der Waals surface area contributed by atoms with E-state index in [9.17, 15) is 0 Å². The molecule has 1 N–H and O–H groups in total. The van der Waals surface area contributed by atoms with E-state index in [2.05, 4.69) is 53.5 Å². The molecule has 1 aliphatic rings. The lowest BCUT2D eigenvalue weighted by atomic mass is 9.96. The minimum Gasteiger partial charge on any atom is -0.317 e. The number of benzene rings is 1. The molecule has 1 aromatic heterocycles. The number of aromatic nitrogens is 1. The Hall–Kier alpha value is -1.45. The molecular formula is C18H25N3. The van der Waals surface area contributed by atoms with Crippen LogP contribution < -0.4 is 5.32 Å². The Balaban J connectivity index is 1.56. The fourth-order valence-electron chi connectivity index (χ4n) is 3.12. The number of hydrogen-bond donors (Lipinski definition) is 1. The number of hydrogen-bond acceptors (Lipinski definition) is 3. The maximum absolute atomic E-state index is 4.78. The fraction of sp³-hybridized carbons (Fsp3) is 0.500. The van der Waals surface area contributed by atoms with Crippen molar-refractivity contribution in [2.75, 3.05) is 26.2 Å². The minimum atomic E-state index is 0.853. The second-order valence-electron chi connectivity index (χ2n) is 6.02. The highest BCUT2D eigenvalue weighted by Gasteiger charge is 2.19. The van der Waals surface area contributed by atoms with Crippen molar-refractivity contribution < 1.29 is 0 Å². The molecule has 0 unspecified atom stereocenters. The number of piperidine rings is 1. The van der Waals surface area contributed by atoms with Crippen LogP contribution in [0.2, 0.25) is 0 Å². The Morgan fingerprint density at radius 1 is 1.14 bits per heavy atom. The number of pyridine rings is 1. The van der Waals surface area contributed by atoms with Crippen LogP contribution in [0.15, 0.2) is 36.4 Å². The Bertz CT molecular complexity index is 573. The van der Waals surface area contributed by atoms with Gasteiger partial charge < -0.3 is 5.32 Å². The van der Waals surface area contributed by atoms with E-state index in [0.717, 1.165) is 24.5 Å². The van der Waals surface area contributed by atoms with Crippen LogP contribution in [0.1, 0.15) is 25.5 Å². The average Bonchev–Trinajstić information content (AvgIpc) is 2.54. The molecule has 0 atom stereocenters. The van der Waals surface area contributed by atoms with Gasteiger partial charge in [0.25, 0.3) is 0 Å². The van der Waals surface area contributed by atoms with Gasteiger partial charge in [-0.3, -0.25) is 9.88 Å². The van der Waals surface area contributed by atoms with Crippen molar-refractivity contribution in [3.05, 3.63) is 42.1 Å². The van der Waals surface area contributed by atoms with E-state index >= 15 is 0 Å².